The van der Waals surface area contributed by atoms with Crippen molar-refractivity contribution in [3.63, 3.8) is 0 Å². The van der Waals surface area contributed by atoms with Gasteiger partial charge in [0.15, 0.2) is 18.8 Å². The number of nitrogens with one attached hydrogen (secondary N) is 3. The lowest BCUT2D eigenvalue weighted by atomic mass is 9.93. The average molecular weight is 746 g/mol. The number of primary amides is 2. The molecule has 1 fully saturated rings. The van der Waals surface area contributed by atoms with Crippen LogP contribution >= 0.6 is 0 Å². The van der Waals surface area contributed by atoms with Crippen LogP contribution in [0.25, 0.3) is 0 Å². The van der Waals surface area contributed by atoms with Crippen molar-refractivity contribution in [2.75, 3.05) is 18.5 Å². The Balaban J connectivity index is 1.42. The summed E-state index contributed by atoms with van der Waals surface area (Å²) in [5.41, 5.74) is 12.3. The van der Waals surface area contributed by atoms with E-state index in [4.69, 9.17) is 20.9 Å². The maximum absolute atomic E-state index is 14.3. The van der Waals surface area contributed by atoms with Gasteiger partial charge in [-0.05, 0) is 62.6 Å². The Morgan fingerprint density at radius 3 is 2.06 bits per heavy atom. The highest BCUT2D eigenvalue weighted by Gasteiger charge is 2.60. The highest BCUT2D eigenvalue weighted by molar-refractivity contribution is 5.93. The predicted molar refractivity (Wildman–Crippen MR) is 198 cm³/mol. The molecule has 0 aromatic heterocycles. The number of ether oxygens (including phenoxy) is 2. The van der Waals surface area contributed by atoms with Crippen molar-refractivity contribution >= 4 is 41.3 Å². The third-order valence-corrected chi connectivity index (χ3v) is 9.44. The van der Waals surface area contributed by atoms with Crippen molar-refractivity contribution in [3.05, 3.63) is 96.1 Å². The van der Waals surface area contributed by atoms with E-state index in [-0.39, 0.29) is 25.3 Å². The number of hydrogen-bond donors (Lipinski definition) is 6. The standard InChI is InChI=1S/C39H48N6O9/c1-39(2,3)45(20-10-15-31(45)35(41)49)37(51)34(48)29(21-25-11-6-4-7-12-25)44-36(50)30(22-32(40)46)43-33(47)24-53-28-18-16-27(17-19-28)42-38(52)54-23-26-13-8-5-9-14-26/h4-9,11-14,16-19,29-31,34,48H,10,15,20-24H2,1-3H3,(H6-,40,41,42,43,44,46,47,49,50,52)/p+1/t29-,30-,31-,34-,45?/m0/s1. The number of hydrogen-bond acceptors (Lipinski definition) is 9. The fraction of sp³-hybridized carbons (Fsp3) is 0.385. The van der Waals surface area contributed by atoms with E-state index >= 15 is 0 Å². The molecule has 0 bridgehead atoms. The molecular weight excluding hydrogens is 696 g/mol. The molecule has 0 saturated carbocycles. The molecule has 1 aliphatic heterocycles. The van der Waals surface area contributed by atoms with Gasteiger partial charge in [0.2, 0.25) is 11.8 Å². The second-order valence-electron chi connectivity index (χ2n) is 14.2. The molecule has 3 aromatic carbocycles. The predicted octanol–water partition coefficient (Wildman–Crippen LogP) is 2.05. The maximum atomic E-state index is 14.3. The summed E-state index contributed by atoms with van der Waals surface area (Å²) in [5, 5.41) is 19.4. The summed E-state index contributed by atoms with van der Waals surface area (Å²) in [5.74, 6) is -3.61. The summed E-state index contributed by atoms with van der Waals surface area (Å²) < 4.78 is 10.4. The number of aliphatic hydroxyl groups is 1. The van der Waals surface area contributed by atoms with Crippen LogP contribution in [0.4, 0.5) is 10.5 Å². The van der Waals surface area contributed by atoms with E-state index in [9.17, 15) is 33.9 Å². The SMILES string of the molecule is CC(C)(C)[N+]1(C(=O)[C@@H](O)[C@H](Cc2ccccc2)NC(=O)[C@H](CC(N)=O)NC(=O)COc2ccc(NC(=O)OCc3ccccc3)cc2)CCC[C@H]1C(N)=O. The summed E-state index contributed by atoms with van der Waals surface area (Å²) in [7, 11) is 0. The van der Waals surface area contributed by atoms with Crippen LogP contribution in [0.2, 0.25) is 0 Å². The van der Waals surface area contributed by atoms with E-state index in [1.54, 1.807) is 63.2 Å². The van der Waals surface area contributed by atoms with Crippen LogP contribution in [0.5, 0.6) is 5.75 Å². The highest BCUT2D eigenvalue weighted by Crippen LogP contribution is 2.38. The number of nitrogens with two attached hydrogens (primary N) is 2. The van der Waals surface area contributed by atoms with Crippen molar-refractivity contribution in [2.45, 2.75) is 82.8 Å². The third-order valence-electron chi connectivity index (χ3n) is 9.44. The van der Waals surface area contributed by atoms with E-state index in [2.05, 4.69) is 16.0 Å². The van der Waals surface area contributed by atoms with Crippen LogP contribution in [0.3, 0.4) is 0 Å². The fourth-order valence-corrected chi connectivity index (χ4v) is 6.77. The van der Waals surface area contributed by atoms with Gasteiger partial charge in [-0.3, -0.25) is 24.5 Å². The Morgan fingerprint density at radius 1 is 0.870 bits per heavy atom. The van der Waals surface area contributed by atoms with Crippen molar-refractivity contribution < 1.29 is 47.8 Å². The van der Waals surface area contributed by atoms with Gasteiger partial charge in [0.05, 0.1) is 24.5 Å². The lowest BCUT2D eigenvalue weighted by Gasteiger charge is -2.47. The van der Waals surface area contributed by atoms with Gasteiger partial charge >= 0.3 is 12.0 Å². The summed E-state index contributed by atoms with van der Waals surface area (Å²) in [6.45, 7) is 5.18. The first-order valence-corrected chi connectivity index (χ1v) is 17.6. The van der Waals surface area contributed by atoms with Crippen LogP contribution in [0, 0.1) is 0 Å². The highest BCUT2D eigenvalue weighted by atomic mass is 16.5. The Kier molecular flexibility index (Phi) is 13.9. The number of carbonyl (C=O) groups excluding carboxylic acids is 6. The van der Waals surface area contributed by atoms with E-state index in [1.165, 1.54) is 12.1 Å². The lowest BCUT2D eigenvalue weighted by molar-refractivity contribution is -0.904. The molecule has 6 amide bonds. The average Bonchev–Trinajstić information content (AvgIpc) is 3.61. The Labute approximate surface area is 313 Å². The molecule has 3 aromatic rings. The quantitative estimate of drug-likeness (QED) is 0.118. The Hall–Kier alpha value is -5.80. The van der Waals surface area contributed by atoms with Gasteiger partial charge in [0.25, 0.3) is 11.8 Å². The molecule has 1 aliphatic rings. The fourth-order valence-electron chi connectivity index (χ4n) is 6.77. The van der Waals surface area contributed by atoms with Gasteiger partial charge in [-0.2, -0.15) is 0 Å². The normalized spacial score (nSPS) is 18.3. The molecular formula is C39H49N6O9+. The number of benzene rings is 3. The first-order valence-electron chi connectivity index (χ1n) is 17.6. The number of aliphatic hydroxyl groups excluding tert-OH is 1. The van der Waals surface area contributed by atoms with E-state index in [1.807, 2.05) is 30.3 Å². The maximum Gasteiger partial charge on any atom is 0.411 e. The molecule has 15 heteroatoms. The molecule has 15 nitrogen and oxygen atoms in total. The number of amides is 6. The smallest absolute Gasteiger partial charge is 0.411 e. The van der Waals surface area contributed by atoms with Crippen molar-refractivity contribution in [1.29, 1.82) is 0 Å². The van der Waals surface area contributed by atoms with E-state index < -0.39 is 82.9 Å². The van der Waals surface area contributed by atoms with Gasteiger partial charge in [0.1, 0.15) is 18.4 Å². The molecule has 54 heavy (non-hydrogen) atoms. The second kappa shape index (κ2) is 18.3. The summed E-state index contributed by atoms with van der Waals surface area (Å²) >= 11 is 0. The molecule has 4 rings (SSSR count). The van der Waals surface area contributed by atoms with Crippen molar-refractivity contribution in [3.8, 4) is 5.75 Å². The molecule has 1 saturated heterocycles. The monoisotopic (exact) mass is 745 g/mol. The number of quaternary nitrogens is 1. The van der Waals surface area contributed by atoms with Crippen molar-refractivity contribution in [2.24, 2.45) is 11.5 Å². The second-order valence-corrected chi connectivity index (χ2v) is 14.2. The zero-order valence-electron chi connectivity index (χ0n) is 30.7. The third kappa shape index (κ3) is 10.6. The first-order chi connectivity index (χ1) is 25.6. The van der Waals surface area contributed by atoms with Gasteiger partial charge in [0, 0.05) is 18.5 Å². The number of anilines is 1. The summed E-state index contributed by atoms with van der Waals surface area (Å²) in [6.07, 6.45) is -2.16. The minimum Gasteiger partial charge on any atom is -0.484 e. The van der Waals surface area contributed by atoms with Crippen LogP contribution in [-0.4, -0.2) is 88.1 Å². The number of rotatable bonds is 16. The van der Waals surface area contributed by atoms with Gasteiger partial charge < -0.3 is 36.7 Å². The zero-order valence-corrected chi connectivity index (χ0v) is 30.7. The zero-order chi connectivity index (χ0) is 39.5. The van der Waals surface area contributed by atoms with Crippen molar-refractivity contribution in [1.82, 2.24) is 10.6 Å². The topological polar surface area (TPSA) is 229 Å². The minimum absolute atomic E-state index is 0.000811. The summed E-state index contributed by atoms with van der Waals surface area (Å²) in [4.78, 5) is 77.8. The largest absolute Gasteiger partial charge is 0.484 e. The Bertz CT molecular complexity index is 1780. The van der Waals surface area contributed by atoms with Gasteiger partial charge in [-0.25, -0.2) is 14.1 Å². The molecule has 0 spiro atoms. The van der Waals surface area contributed by atoms with E-state index in [0.29, 0.717) is 24.1 Å². The molecule has 0 aliphatic carbocycles. The van der Waals surface area contributed by atoms with Crippen LogP contribution < -0.4 is 32.2 Å². The van der Waals surface area contributed by atoms with E-state index in [0.717, 1.165) is 5.56 Å². The Morgan fingerprint density at radius 2 is 1.48 bits per heavy atom. The molecule has 1 unspecified atom stereocenters. The number of carbonyl (C=O) groups is 6. The number of likely N-dealkylation sites (tertiary alicyclic amines) is 1. The molecule has 288 valence electrons. The van der Waals surface area contributed by atoms with Gasteiger partial charge in [-0.15, -0.1) is 0 Å². The number of nitrogens with zero attached hydrogens (tertiary/aromatic N) is 1. The molecule has 1 heterocycles. The minimum atomic E-state index is -1.80. The van der Waals surface area contributed by atoms with Crippen LogP contribution in [0.1, 0.15) is 51.2 Å². The molecule has 5 atom stereocenters. The molecule has 8 N–H and O–H groups in total. The lowest BCUT2D eigenvalue weighted by Crippen LogP contribution is -2.72. The van der Waals surface area contributed by atoms with Gasteiger partial charge in [-0.1, -0.05) is 60.7 Å². The van der Waals surface area contributed by atoms with Crippen LogP contribution in [-0.2, 0) is 41.7 Å². The van der Waals surface area contributed by atoms with Crippen LogP contribution in [0.15, 0.2) is 84.9 Å². The first kappa shape index (κ1) is 41.0. The molecule has 0 radical (unpaired) electrons. The summed E-state index contributed by atoms with van der Waals surface area (Å²) in [6, 6.07) is 20.5.